The number of nitrogens with one attached hydrogen (secondary N) is 1. The average molecular weight is 502 g/mol. The van der Waals surface area contributed by atoms with Crippen LogP contribution in [-0.2, 0) is 20.8 Å². The van der Waals surface area contributed by atoms with Gasteiger partial charge in [0.1, 0.15) is 0 Å². The van der Waals surface area contributed by atoms with Gasteiger partial charge >= 0.3 is 0 Å². The van der Waals surface area contributed by atoms with E-state index in [2.05, 4.69) is 5.32 Å². The molecule has 1 atom stereocenters. The summed E-state index contributed by atoms with van der Waals surface area (Å²) in [5.74, 6) is -3.31. The highest BCUT2D eigenvalue weighted by molar-refractivity contribution is 6.27. The third kappa shape index (κ3) is 7.32. The lowest BCUT2D eigenvalue weighted by molar-refractivity contribution is -0.134. The highest BCUT2D eigenvalue weighted by Crippen LogP contribution is 2.27. The predicted molar refractivity (Wildman–Crippen MR) is 140 cm³/mol. The minimum absolute atomic E-state index is 0.00687. The van der Waals surface area contributed by atoms with Gasteiger partial charge in [0.05, 0.1) is 14.2 Å². The van der Waals surface area contributed by atoms with Crippen molar-refractivity contribution in [1.29, 1.82) is 0 Å². The zero-order valence-corrected chi connectivity index (χ0v) is 20.4. The first-order valence-corrected chi connectivity index (χ1v) is 11.3. The number of carbonyl (C=O) groups excluding carboxylic acids is 3. The van der Waals surface area contributed by atoms with Gasteiger partial charge in [-0.2, -0.15) is 0 Å². The maximum absolute atomic E-state index is 13.0. The van der Waals surface area contributed by atoms with Gasteiger partial charge in [0, 0.05) is 5.69 Å². The van der Waals surface area contributed by atoms with E-state index in [1.165, 1.54) is 44.6 Å². The summed E-state index contributed by atoms with van der Waals surface area (Å²) in [5, 5.41) is 22.1. The predicted octanol–water partition coefficient (Wildman–Crippen LogP) is 4.32. The molecule has 0 aliphatic rings. The van der Waals surface area contributed by atoms with E-state index < -0.39 is 23.4 Å². The first-order chi connectivity index (χ1) is 17.8. The summed E-state index contributed by atoms with van der Waals surface area (Å²) in [5.41, 5.74) is 1.75. The zero-order chi connectivity index (χ0) is 26.8. The Bertz CT molecular complexity index is 1330. The van der Waals surface area contributed by atoms with Gasteiger partial charge in [-0.3, -0.25) is 14.4 Å². The van der Waals surface area contributed by atoms with E-state index in [-0.39, 0.29) is 17.2 Å². The van der Waals surface area contributed by atoms with Crippen molar-refractivity contribution in [3.05, 3.63) is 96.1 Å². The Hall–Kier alpha value is -4.85. The van der Waals surface area contributed by atoms with Gasteiger partial charge in [-0.15, -0.1) is 0 Å². The van der Waals surface area contributed by atoms with Gasteiger partial charge in [0.25, 0.3) is 0 Å². The summed E-state index contributed by atoms with van der Waals surface area (Å²) in [7, 11) is 2.83. The zero-order valence-electron chi connectivity index (χ0n) is 20.4. The largest absolute Gasteiger partial charge is 0.504 e. The summed E-state index contributed by atoms with van der Waals surface area (Å²) >= 11 is 0. The highest BCUT2D eigenvalue weighted by Gasteiger charge is 2.31. The summed E-state index contributed by atoms with van der Waals surface area (Å²) in [6.07, 6.45) is 5.64. The Morgan fingerprint density at radius 1 is 0.838 bits per heavy atom. The molecule has 0 aliphatic heterocycles. The van der Waals surface area contributed by atoms with Crippen molar-refractivity contribution >= 4 is 29.2 Å². The number of anilines is 1. The molecule has 0 heterocycles. The molecule has 0 aliphatic carbocycles. The second-order valence-electron chi connectivity index (χ2n) is 7.97. The minimum Gasteiger partial charge on any atom is -0.504 e. The molecule has 3 N–H and O–H groups in total. The summed E-state index contributed by atoms with van der Waals surface area (Å²) in [4.78, 5) is 39.0. The second-order valence-corrected chi connectivity index (χ2v) is 7.97. The number of allylic oxidation sites excluding steroid dienone is 3. The van der Waals surface area contributed by atoms with Crippen LogP contribution in [0.2, 0.25) is 0 Å². The molecule has 3 aromatic carbocycles. The van der Waals surface area contributed by atoms with Gasteiger partial charge in [-0.05, 0) is 66.1 Å². The van der Waals surface area contributed by atoms with E-state index >= 15 is 0 Å². The SMILES string of the molecule is COc1cc(/C=C/C(=O)C(C(=O)C=CCc2ccc(O)c(OC)c2)C(=O)Nc2ccccc2)ccc1O. The monoisotopic (exact) mass is 501 g/mol. The molecule has 0 saturated carbocycles. The van der Waals surface area contributed by atoms with E-state index in [4.69, 9.17) is 9.47 Å². The molecule has 1 unspecified atom stereocenters. The number of hydrogen-bond donors (Lipinski definition) is 3. The molecule has 8 heteroatoms. The second kappa shape index (κ2) is 12.7. The van der Waals surface area contributed by atoms with Crippen molar-refractivity contribution in [2.45, 2.75) is 6.42 Å². The Balaban J connectivity index is 1.81. The number of phenolic OH excluding ortho intramolecular Hbond substituents is 2. The van der Waals surface area contributed by atoms with Crippen LogP contribution in [0.25, 0.3) is 6.08 Å². The van der Waals surface area contributed by atoms with Gasteiger partial charge < -0.3 is 25.0 Å². The van der Waals surface area contributed by atoms with Gasteiger partial charge in [0.2, 0.25) is 5.91 Å². The van der Waals surface area contributed by atoms with Crippen molar-refractivity contribution in [2.24, 2.45) is 5.92 Å². The van der Waals surface area contributed by atoms with Crippen LogP contribution in [0.3, 0.4) is 0 Å². The smallest absolute Gasteiger partial charge is 0.243 e. The maximum Gasteiger partial charge on any atom is 0.243 e. The molecule has 0 aromatic heterocycles. The Kier molecular flexibility index (Phi) is 9.21. The molecule has 37 heavy (non-hydrogen) atoms. The summed E-state index contributed by atoms with van der Waals surface area (Å²) in [6, 6.07) is 17.8. The number of rotatable bonds is 11. The maximum atomic E-state index is 13.0. The number of ketones is 2. The first kappa shape index (κ1) is 26.7. The van der Waals surface area contributed by atoms with Gasteiger partial charge in [-0.25, -0.2) is 0 Å². The third-order valence-electron chi connectivity index (χ3n) is 5.40. The molecule has 0 saturated heterocycles. The van der Waals surface area contributed by atoms with Crippen LogP contribution in [0.1, 0.15) is 11.1 Å². The van der Waals surface area contributed by atoms with E-state index in [1.54, 1.807) is 54.6 Å². The third-order valence-corrected chi connectivity index (χ3v) is 5.40. The lowest BCUT2D eigenvalue weighted by Gasteiger charge is -2.12. The number of benzene rings is 3. The molecule has 3 rings (SSSR count). The Labute approximate surface area is 214 Å². The molecular weight excluding hydrogens is 474 g/mol. The number of ether oxygens (including phenoxy) is 2. The fraction of sp³-hybridized carbons (Fsp3) is 0.138. The summed E-state index contributed by atoms with van der Waals surface area (Å²) in [6.45, 7) is 0. The topological polar surface area (TPSA) is 122 Å². The molecule has 3 aromatic rings. The van der Waals surface area contributed by atoms with Crippen molar-refractivity contribution in [3.8, 4) is 23.0 Å². The van der Waals surface area contributed by atoms with Crippen LogP contribution in [0.5, 0.6) is 23.0 Å². The van der Waals surface area contributed by atoms with Crippen LogP contribution < -0.4 is 14.8 Å². The number of amides is 1. The quantitative estimate of drug-likeness (QED) is 0.264. The lowest BCUT2D eigenvalue weighted by atomic mass is 9.95. The summed E-state index contributed by atoms with van der Waals surface area (Å²) < 4.78 is 10.2. The number of hydrogen-bond acceptors (Lipinski definition) is 7. The standard InChI is InChI=1S/C29H27NO7/c1-36-26-17-19(11-14-22(26)31)7-6-10-24(33)28(29(35)30-21-8-4-3-5-9-21)25(34)16-13-20-12-15-23(32)27(18-20)37-2/h3-6,8-18,28,31-32H,7H2,1-2H3,(H,30,35)/b10-6?,16-13+. The van der Waals surface area contributed by atoms with Crippen LogP contribution in [0.4, 0.5) is 5.69 Å². The Morgan fingerprint density at radius 3 is 2.14 bits per heavy atom. The number of methoxy groups -OCH3 is 2. The highest BCUT2D eigenvalue weighted by atomic mass is 16.5. The van der Waals surface area contributed by atoms with Gasteiger partial charge in [0.15, 0.2) is 40.5 Å². The molecular formula is C29H27NO7. The van der Waals surface area contributed by atoms with Gasteiger partial charge in [-0.1, -0.05) is 42.5 Å². The molecule has 8 nitrogen and oxygen atoms in total. The Morgan fingerprint density at radius 2 is 1.46 bits per heavy atom. The fourth-order valence-electron chi connectivity index (χ4n) is 3.46. The van der Waals surface area contributed by atoms with E-state index in [0.29, 0.717) is 23.4 Å². The normalized spacial score (nSPS) is 11.8. The molecule has 190 valence electrons. The van der Waals surface area contributed by atoms with Crippen LogP contribution >= 0.6 is 0 Å². The van der Waals surface area contributed by atoms with Crippen molar-refractivity contribution in [3.63, 3.8) is 0 Å². The van der Waals surface area contributed by atoms with Crippen molar-refractivity contribution in [2.75, 3.05) is 19.5 Å². The van der Waals surface area contributed by atoms with E-state index in [9.17, 15) is 24.6 Å². The number of para-hydroxylation sites is 1. The molecule has 1 amide bonds. The number of aromatic hydroxyl groups is 2. The minimum atomic E-state index is -1.61. The number of phenols is 2. The van der Waals surface area contributed by atoms with Crippen LogP contribution in [-0.4, -0.2) is 41.9 Å². The molecule has 0 bridgehead atoms. The average Bonchev–Trinajstić information content (AvgIpc) is 2.89. The molecule has 0 radical (unpaired) electrons. The fourth-order valence-corrected chi connectivity index (χ4v) is 3.46. The van der Waals surface area contributed by atoms with Crippen LogP contribution in [0, 0.1) is 5.92 Å². The lowest BCUT2D eigenvalue weighted by Crippen LogP contribution is -2.34. The van der Waals surface area contributed by atoms with Crippen LogP contribution in [0.15, 0.2) is 85.0 Å². The van der Waals surface area contributed by atoms with Crippen molar-refractivity contribution in [1.82, 2.24) is 0 Å². The molecule has 0 spiro atoms. The van der Waals surface area contributed by atoms with Crippen molar-refractivity contribution < 1.29 is 34.1 Å². The van der Waals surface area contributed by atoms with E-state index in [1.807, 2.05) is 0 Å². The first-order valence-electron chi connectivity index (χ1n) is 11.3. The molecule has 0 fully saturated rings. The number of carbonyl (C=O) groups is 3. The van der Waals surface area contributed by atoms with E-state index in [0.717, 1.165) is 11.6 Å².